The molecule has 1 aromatic rings. The number of carbonyl (C=O) groups is 1. The van der Waals surface area contributed by atoms with Crippen molar-refractivity contribution in [1.29, 1.82) is 0 Å². The second-order valence-corrected chi connectivity index (χ2v) is 6.08. The Morgan fingerprint density at radius 2 is 2.18 bits per heavy atom. The number of thiophene rings is 1. The second-order valence-electron chi connectivity index (χ2n) is 4.94. The molecule has 1 aromatic heterocycles. The van der Waals surface area contributed by atoms with Gasteiger partial charge in [0, 0.05) is 18.0 Å². The summed E-state index contributed by atoms with van der Waals surface area (Å²) >= 11 is 1.71. The fourth-order valence-corrected chi connectivity index (χ4v) is 3.48. The molecule has 2 nitrogen and oxygen atoms in total. The highest BCUT2D eigenvalue weighted by atomic mass is 32.1. The first kappa shape index (κ1) is 12.6. The molecule has 0 aromatic carbocycles. The molecule has 0 saturated heterocycles. The number of hydrogen-bond donors (Lipinski definition) is 0. The SMILES string of the molecule is CCC(C)N(C)C(=O)c1cc2c(s1)CCCC2. The molecule has 3 heteroatoms. The van der Waals surface area contributed by atoms with Crippen LogP contribution in [0.3, 0.4) is 0 Å². The maximum Gasteiger partial charge on any atom is 0.263 e. The van der Waals surface area contributed by atoms with Crippen LogP contribution in [-0.4, -0.2) is 23.9 Å². The quantitative estimate of drug-likeness (QED) is 0.805. The Morgan fingerprint density at radius 3 is 2.82 bits per heavy atom. The van der Waals surface area contributed by atoms with Gasteiger partial charge in [0.05, 0.1) is 4.88 Å². The second kappa shape index (κ2) is 5.21. The van der Waals surface area contributed by atoms with Crippen LogP contribution in [0.2, 0.25) is 0 Å². The maximum atomic E-state index is 12.3. The van der Waals surface area contributed by atoms with Crippen molar-refractivity contribution in [3.8, 4) is 0 Å². The van der Waals surface area contributed by atoms with Crippen molar-refractivity contribution in [3.63, 3.8) is 0 Å². The van der Waals surface area contributed by atoms with E-state index in [4.69, 9.17) is 0 Å². The first-order valence-corrected chi connectivity index (χ1v) is 7.34. The van der Waals surface area contributed by atoms with Crippen molar-refractivity contribution in [2.45, 2.75) is 52.0 Å². The third kappa shape index (κ3) is 2.54. The molecule has 0 fully saturated rings. The molecule has 0 saturated carbocycles. The average molecular weight is 251 g/mol. The van der Waals surface area contributed by atoms with Gasteiger partial charge in [-0.15, -0.1) is 11.3 Å². The smallest absolute Gasteiger partial charge is 0.263 e. The molecule has 94 valence electrons. The summed E-state index contributed by atoms with van der Waals surface area (Å²) in [5.74, 6) is 0.193. The molecule has 1 unspecified atom stereocenters. The van der Waals surface area contributed by atoms with Crippen LogP contribution in [0.15, 0.2) is 6.07 Å². The number of fused-ring (bicyclic) bond motifs is 1. The van der Waals surface area contributed by atoms with Crippen LogP contribution in [0.25, 0.3) is 0 Å². The lowest BCUT2D eigenvalue weighted by molar-refractivity contribution is 0.0745. The van der Waals surface area contributed by atoms with Crippen molar-refractivity contribution in [1.82, 2.24) is 4.90 Å². The van der Waals surface area contributed by atoms with E-state index in [1.54, 1.807) is 11.3 Å². The molecule has 1 aliphatic rings. The highest BCUT2D eigenvalue weighted by Crippen LogP contribution is 2.30. The summed E-state index contributed by atoms with van der Waals surface area (Å²) in [5.41, 5.74) is 1.42. The molecule has 0 spiro atoms. The van der Waals surface area contributed by atoms with Gasteiger partial charge in [-0.25, -0.2) is 0 Å². The van der Waals surface area contributed by atoms with Crippen LogP contribution in [0.1, 0.15) is 53.2 Å². The third-order valence-electron chi connectivity index (χ3n) is 3.78. The Labute approximate surface area is 108 Å². The number of nitrogens with zero attached hydrogens (tertiary/aromatic N) is 1. The number of aryl methyl sites for hydroxylation is 2. The summed E-state index contributed by atoms with van der Waals surface area (Å²) in [7, 11) is 1.91. The Hall–Kier alpha value is -0.830. The molecule has 1 atom stereocenters. The molecule has 1 amide bonds. The van der Waals surface area contributed by atoms with Crippen molar-refractivity contribution in [2.75, 3.05) is 7.05 Å². The van der Waals surface area contributed by atoms with Gasteiger partial charge in [0.15, 0.2) is 0 Å². The van der Waals surface area contributed by atoms with Crippen molar-refractivity contribution in [2.24, 2.45) is 0 Å². The van der Waals surface area contributed by atoms with Gasteiger partial charge in [0.2, 0.25) is 0 Å². The predicted molar refractivity (Wildman–Crippen MR) is 72.8 cm³/mol. The van der Waals surface area contributed by atoms with Gasteiger partial charge in [0.25, 0.3) is 5.91 Å². The van der Waals surface area contributed by atoms with E-state index < -0.39 is 0 Å². The topological polar surface area (TPSA) is 20.3 Å². The zero-order chi connectivity index (χ0) is 12.4. The summed E-state index contributed by atoms with van der Waals surface area (Å²) in [6, 6.07) is 2.45. The van der Waals surface area contributed by atoms with Gasteiger partial charge in [-0.3, -0.25) is 4.79 Å². The van der Waals surface area contributed by atoms with E-state index in [9.17, 15) is 4.79 Å². The molecule has 2 rings (SSSR count). The predicted octanol–water partition coefficient (Wildman–Crippen LogP) is 3.50. The van der Waals surface area contributed by atoms with Gasteiger partial charge in [0.1, 0.15) is 0 Å². The Kier molecular flexibility index (Phi) is 3.87. The molecular formula is C14H21NOS. The standard InChI is InChI=1S/C14H21NOS/c1-4-10(2)15(3)14(16)13-9-11-7-5-6-8-12(11)17-13/h9-10H,4-8H2,1-3H3. The number of amides is 1. The highest BCUT2D eigenvalue weighted by molar-refractivity contribution is 7.14. The molecular weight excluding hydrogens is 230 g/mol. The van der Waals surface area contributed by atoms with Crippen LogP contribution >= 0.6 is 11.3 Å². The molecule has 0 bridgehead atoms. The normalized spacial score (nSPS) is 16.4. The lowest BCUT2D eigenvalue weighted by Gasteiger charge is -2.23. The summed E-state index contributed by atoms with van der Waals surface area (Å²) in [5, 5.41) is 0. The minimum Gasteiger partial charge on any atom is -0.338 e. The Morgan fingerprint density at radius 1 is 1.47 bits per heavy atom. The maximum absolute atomic E-state index is 12.3. The zero-order valence-corrected chi connectivity index (χ0v) is 11.8. The summed E-state index contributed by atoms with van der Waals surface area (Å²) in [6.07, 6.45) is 5.89. The number of hydrogen-bond acceptors (Lipinski definition) is 2. The summed E-state index contributed by atoms with van der Waals surface area (Å²) in [4.78, 5) is 16.5. The van der Waals surface area contributed by atoms with Crippen molar-refractivity contribution >= 4 is 17.2 Å². The first-order valence-electron chi connectivity index (χ1n) is 6.52. The van der Waals surface area contributed by atoms with Crippen LogP contribution in [0, 0.1) is 0 Å². The number of carbonyl (C=O) groups excluding carboxylic acids is 1. The van der Waals surface area contributed by atoms with Gasteiger partial charge in [-0.1, -0.05) is 6.92 Å². The highest BCUT2D eigenvalue weighted by Gasteiger charge is 2.21. The van der Waals surface area contributed by atoms with Crippen molar-refractivity contribution < 1.29 is 4.79 Å². The fourth-order valence-electron chi connectivity index (χ4n) is 2.24. The van der Waals surface area contributed by atoms with Gasteiger partial charge < -0.3 is 4.90 Å². The van der Waals surface area contributed by atoms with Crippen LogP contribution < -0.4 is 0 Å². The number of rotatable bonds is 3. The van der Waals surface area contributed by atoms with E-state index in [-0.39, 0.29) is 5.91 Å². The minimum absolute atomic E-state index is 0.193. The average Bonchev–Trinajstić information content (AvgIpc) is 2.79. The lowest BCUT2D eigenvalue weighted by atomic mass is 9.99. The molecule has 0 N–H and O–H groups in total. The van der Waals surface area contributed by atoms with Gasteiger partial charge >= 0.3 is 0 Å². The van der Waals surface area contributed by atoms with E-state index in [1.165, 1.54) is 29.7 Å². The fraction of sp³-hybridized carbons (Fsp3) is 0.643. The Balaban J connectivity index is 2.17. The Bertz CT molecular complexity index is 387. The van der Waals surface area contributed by atoms with E-state index in [0.29, 0.717) is 6.04 Å². The van der Waals surface area contributed by atoms with E-state index in [2.05, 4.69) is 19.9 Å². The van der Waals surface area contributed by atoms with E-state index in [1.807, 2.05) is 11.9 Å². The van der Waals surface area contributed by atoms with Crippen LogP contribution in [0.4, 0.5) is 0 Å². The molecule has 17 heavy (non-hydrogen) atoms. The van der Waals surface area contributed by atoms with Gasteiger partial charge in [-0.2, -0.15) is 0 Å². The third-order valence-corrected chi connectivity index (χ3v) is 5.00. The molecule has 1 heterocycles. The molecule has 0 radical (unpaired) electrons. The summed E-state index contributed by atoms with van der Waals surface area (Å²) < 4.78 is 0. The minimum atomic E-state index is 0.193. The monoisotopic (exact) mass is 251 g/mol. The molecule has 0 aliphatic heterocycles. The lowest BCUT2D eigenvalue weighted by Crippen LogP contribution is -2.34. The largest absolute Gasteiger partial charge is 0.338 e. The zero-order valence-electron chi connectivity index (χ0n) is 11.0. The summed E-state index contributed by atoms with van der Waals surface area (Å²) in [6.45, 7) is 4.22. The molecule has 1 aliphatic carbocycles. The van der Waals surface area contributed by atoms with Crippen molar-refractivity contribution in [3.05, 3.63) is 21.4 Å². The van der Waals surface area contributed by atoms with E-state index in [0.717, 1.165) is 17.7 Å². The van der Waals surface area contributed by atoms with Gasteiger partial charge in [-0.05, 0) is 50.7 Å². The van der Waals surface area contributed by atoms with Crippen LogP contribution in [-0.2, 0) is 12.8 Å². The van der Waals surface area contributed by atoms with E-state index >= 15 is 0 Å². The van der Waals surface area contributed by atoms with Crippen LogP contribution in [0.5, 0.6) is 0 Å². The first-order chi connectivity index (χ1) is 8.13.